The number of ether oxygens (including phenoxy) is 1. The number of hydrogen-bond donors (Lipinski definition) is 2. The number of nitro groups is 1. The fourth-order valence-electron chi connectivity index (χ4n) is 2.77. The number of benzene rings is 2. The smallest absolute Gasteiger partial charge is 0.374 e. The Bertz CT molecular complexity index is 1290. The molecule has 0 saturated heterocycles. The molecule has 2 aromatic heterocycles. The molecule has 1 amide bonds. The molecule has 0 aliphatic carbocycles. The van der Waals surface area contributed by atoms with Crippen LogP contribution in [0, 0.1) is 10.1 Å². The lowest BCUT2D eigenvalue weighted by Gasteiger charge is -2.11. The summed E-state index contributed by atoms with van der Waals surface area (Å²) in [5, 5.41) is 12.9. The van der Waals surface area contributed by atoms with Crippen molar-refractivity contribution in [1.29, 1.82) is 0 Å². The number of nitrogens with one attached hydrogen (secondary N) is 2. The van der Waals surface area contributed by atoms with Crippen molar-refractivity contribution in [2.45, 2.75) is 0 Å². The number of para-hydroxylation sites is 1. The van der Waals surface area contributed by atoms with Crippen molar-refractivity contribution < 1.29 is 14.5 Å². The molecule has 154 valence electrons. The maximum Gasteiger partial charge on any atom is 0.374 e. The Labute approximate surface area is 180 Å². The van der Waals surface area contributed by atoms with Crippen LogP contribution >= 0.6 is 11.6 Å². The Kier molecular flexibility index (Phi) is 5.54. The molecule has 0 spiro atoms. The lowest BCUT2D eigenvalue weighted by Crippen LogP contribution is -2.30. The van der Waals surface area contributed by atoms with Gasteiger partial charge in [0.05, 0.1) is 4.92 Å². The summed E-state index contributed by atoms with van der Waals surface area (Å²) in [6.07, 6.45) is 2.66. The summed E-state index contributed by atoms with van der Waals surface area (Å²) in [7, 11) is 0. The monoisotopic (exact) mass is 436 g/mol. The summed E-state index contributed by atoms with van der Waals surface area (Å²) < 4.78 is 5.71. The Morgan fingerprint density at radius 3 is 2.68 bits per heavy atom. The van der Waals surface area contributed by atoms with E-state index < -0.39 is 16.5 Å². The zero-order valence-corrected chi connectivity index (χ0v) is 16.4. The van der Waals surface area contributed by atoms with E-state index in [2.05, 4.69) is 25.8 Å². The first-order valence-corrected chi connectivity index (χ1v) is 9.23. The Hall–Kier alpha value is -4.31. The molecule has 0 unspecified atom stereocenters. The quantitative estimate of drug-likeness (QED) is 0.340. The van der Waals surface area contributed by atoms with E-state index in [1.54, 1.807) is 42.6 Å². The molecular weight excluding hydrogens is 424 g/mol. The molecule has 0 saturated carbocycles. The van der Waals surface area contributed by atoms with Crippen LogP contribution < -0.4 is 15.6 Å². The molecule has 0 aliphatic heterocycles. The van der Waals surface area contributed by atoms with E-state index in [4.69, 9.17) is 16.3 Å². The standard InChI is InChI=1S/C20H13ClN6O4/c21-14-7-1-5-13(10-14)19(28)26-25-18-17(27(29)30)20(24-11-23-18)31-15-8-2-4-12-6-3-9-22-16(12)15/h1-11H,(H,26,28)(H,23,24,25). The number of anilines is 1. The van der Waals surface area contributed by atoms with E-state index in [0.29, 0.717) is 10.5 Å². The fourth-order valence-corrected chi connectivity index (χ4v) is 2.96. The van der Waals surface area contributed by atoms with Gasteiger partial charge in [0.25, 0.3) is 5.91 Å². The summed E-state index contributed by atoms with van der Waals surface area (Å²) in [6.45, 7) is 0. The zero-order chi connectivity index (χ0) is 21.8. The van der Waals surface area contributed by atoms with Gasteiger partial charge in [-0.3, -0.25) is 30.7 Å². The number of aromatic nitrogens is 3. The van der Waals surface area contributed by atoms with Crippen LogP contribution in [-0.4, -0.2) is 25.8 Å². The first-order valence-electron chi connectivity index (χ1n) is 8.86. The molecule has 0 atom stereocenters. The van der Waals surface area contributed by atoms with Crippen LogP contribution in [0.3, 0.4) is 0 Å². The molecular formula is C20H13ClN6O4. The molecule has 0 aliphatic rings. The van der Waals surface area contributed by atoms with Gasteiger partial charge in [-0.25, -0.2) is 4.98 Å². The predicted octanol–water partition coefficient (Wildman–Crippen LogP) is 4.14. The van der Waals surface area contributed by atoms with Crippen LogP contribution in [0.5, 0.6) is 11.6 Å². The Morgan fingerprint density at radius 2 is 1.87 bits per heavy atom. The van der Waals surface area contributed by atoms with Crippen molar-refractivity contribution in [3.05, 3.63) is 87.8 Å². The SMILES string of the molecule is O=C(NNc1ncnc(Oc2cccc3cccnc23)c1[N+](=O)[O-])c1cccc(Cl)c1. The minimum absolute atomic E-state index is 0.251. The molecule has 11 heteroatoms. The molecule has 31 heavy (non-hydrogen) atoms. The minimum atomic E-state index is -0.707. The van der Waals surface area contributed by atoms with Crippen molar-refractivity contribution in [2.75, 3.05) is 5.43 Å². The van der Waals surface area contributed by atoms with Gasteiger partial charge in [-0.1, -0.05) is 35.9 Å². The van der Waals surface area contributed by atoms with Gasteiger partial charge in [0.1, 0.15) is 11.8 Å². The highest BCUT2D eigenvalue weighted by Gasteiger charge is 2.26. The number of nitrogens with zero attached hydrogens (tertiary/aromatic N) is 4. The summed E-state index contributed by atoms with van der Waals surface area (Å²) in [6, 6.07) is 15.0. The summed E-state index contributed by atoms with van der Waals surface area (Å²) in [5.74, 6) is -0.832. The number of carbonyl (C=O) groups excluding carboxylic acids is 1. The maximum atomic E-state index is 12.3. The van der Waals surface area contributed by atoms with Crippen LogP contribution in [0.4, 0.5) is 11.5 Å². The summed E-state index contributed by atoms with van der Waals surface area (Å²) in [4.78, 5) is 35.3. The molecule has 10 nitrogen and oxygen atoms in total. The molecule has 0 radical (unpaired) electrons. The van der Waals surface area contributed by atoms with Crippen LogP contribution in [-0.2, 0) is 0 Å². The fraction of sp³-hybridized carbons (Fsp3) is 0. The molecule has 4 rings (SSSR count). The van der Waals surface area contributed by atoms with Crippen molar-refractivity contribution in [3.63, 3.8) is 0 Å². The number of amides is 1. The normalized spacial score (nSPS) is 10.5. The average Bonchev–Trinajstić information content (AvgIpc) is 2.77. The maximum absolute atomic E-state index is 12.3. The van der Waals surface area contributed by atoms with E-state index in [9.17, 15) is 14.9 Å². The molecule has 2 aromatic carbocycles. The highest BCUT2D eigenvalue weighted by atomic mass is 35.5. The number of halogens is 1. The van der Waals surface area contributed by atoms with E-state index in [-0.39, 0.29) is 23.0 Å². The van der Waals surface area contributed by atoms with Crippen LogP contribution in [0.2, 0.25) is 5.02 Å². The van der Waals surface area contributed by atoms with Gasteiger partial charge in [0.15, 0.2) is 5.75 Å². The molecule has 2 heterocycles. The molecule has 2 N–H and O–H groups in total. The highest BCUT2D eigenvalue weighted by molar-refractivity contribution is 6.30. The van der Waals surface area contributed by atoms with E-state index >= 15 is 0 Å². The number of pyridine rings is 1. The van der Waals surface area contributed by atoms with Gasteiger partial charge in [0.2, 0.25) is 5.82 Å². The molecule has 0 fully saturated rings. The van der Waals surface area contributed by atoms with Crippen molar-refractivity contribution in [3.8, 4) is 11.6 Å². The second-order valence-corrected chi connectivity index (χ2v) is 6.59. The number of rotatable bonds is 6. The van der Waals surface area contributed by atoms with Gasteiger partial charge in [-0.2, -0.15) is 4.98 Å². The Morgan fingerprint density at radius 1 is 1.06 bits per heavy atom. The van der Waals surface area contributed by atoms with Crippen LogP contribution in [0.25, 0.3) is 10.9 Å². The van der Waals surface area contributed by atoms with Gasteiger partial charge < -0.3 is 4.74 Å². The molecule has 0 bridgehead atoms. The number of hydrogen-bond acceptors (Lipinski definition) is 8. The largest absolute Gasteiger partial charge is 0.431 e. The highest BCUT2D eigenvalue weighted by Crippen LogP contribution is 2.35. The summed E-state index contributed by atoms with van der Waals surface area (Å²) in [5.41, 5.74) is 5.01. The third kappa shape index (κ3) is 4.33. The number of carbonyl (C=O) groups is 1. The third-order valence-electron chi connectivity index (χ3n) is 4.15. The van der Waals surface area contributed by atoms with Gasteiger partial charge in [-0.05, 0) is 30.3 Å². The number of hydrazine groups is 1. The Balaban J connectivity index is 1.62. The molecule has 4 aromatic rings. The van der Waals surface area contributed by atoms with Gasteiger partial charge >= 0.3 is 11.6 Å². The predicted molar refractivity (Wildman–Crippen MR) is 113 cm³/mol. The number of fused-ring (bicyclic) bond motifs is 1. The summed E-state index contributed by atoms with van der Waals surface area (Å²) >= 11 is 5.88. The minimum Gasteiger partial charge on any atom is -0.431 e. The van der Waals surface area contributed by atoms with Crippen LogP contribution in [0.1, 0.15) is 10.4 Å². The average molecular weight is 437 g/mol. The van der Waals surface area contributed by atoms with Crippen molar-refractivity contribution >= 4 is 39.9 Å². The van der Waals surface area contributed by atoms with Crippen molar-refractivity contribution in [1.82, 2.24) is 20.4 Å². The second kappa shape index (κ2) is 8.59. The van der Waals surface area contributed by atoms with E-state index in [1.807, 2.05) is 12.1 Å². The van der Waals surface area contributed by atoms with Crippen molar-refractivity contribution in [2.24, 2.45) is 0 Å². The van der Waals surface area contributed by atoms with E-state index in [1.165, 1.54) is 6.07 Å². The zero-order valence-electron chi connectivity index (χ0n) is 15.7. The topological polar surface area (TPSA) is 132 Å². The lowest BCUT2D eigenvalue weighted by atomic mass is 10.2. The third-order valence-corrected chi connectivity index (χ3v) is 4.39. The second-order valence-electron chi connectivity index (χ2n) is 6.16. The van der Waals surface area contributed by atoms with Crippen LogP contribution in [0.15, 0.2) is 67.1 Å². The first kappa shape index (κ1) is 20.0. The lowest BCUT2D eigenvalue weighted by molar-refractivity contribution is -0.385. The van der Waals surface area contributed by atoms with Gasteiger partial charge in [0, 0.05) is 22.2 Å². The van der Waals surface area contributed by atoms with Gasteiger partial charge in [-0.15, -0.1) is 0 Å². The van der Waals surface area contributed by atoms with E-state index in [0.717, 1.165) is 11.7 Å². The first-order chi connectivity index (χ1) is 15.0.